The number of hydrogen-bond acceptors (Lipinski definition) is 2. The summed E-state index contributed by atoms with van der Waals surface area (Å²) in [5.74, 6) is 0.351. The van der Waals surface area contributed by atoms with E-state index >= 15 is 0 Å². The molecule has 1 aliphatic carbocycles. The number of anilines is 2. The van der Waals surface area contributed by atoms with Gasteiger partial charge in [0, 0.05) is 29.7 Å². The van der Waals surface area contributed by atoms with Crippen LogP contribution in [0, 0.1) is 0 Å². The van der Waals surface area contributed by atoms with Gasteiger partial charge in [-0.2, -0.15) is 0 Å². The minimum absolute atomic E-state index is 0.0632. The number of nitrogens with zero attached hydrogens (tertiary/aromatic N) is 2. The maximum absolute atomic E-state index is 4.36. The summed E-state index contributed by atoms with van der Waals surface area (Å²) in [4.78, 5) is 6.89. The molecule has 10 rings (SSSR count). The lowest BCUT2D eigenvalue weighted by molar-refractivity contribution is 0.591. The van der Waals surface area contributed by atoms with Crippen LogP contribution in [0.25, 0.3) is 65.7 Å². The number of rotatable bonds is 4. The highest BCUT2D eigenvalue weighted by molar-refractivity contribution is 6.28. The van der Waals surface area contributed by atoms with Crippen LogP contribution in [0.3, 0.4) is 0 Å². The van der Waals surface area contributed by atoms with Crippen molar-refractivity contribution in [1.29, 1.82) is 0 Å². The normalized spacial score (nSPS) is 16.7. The van der Waals surface area contributed by atoms with Crippen molar-refractivity contribution in [1.82, 2.24) is 4.98 Å². The molecule has 0 N–H and O–H groups in total. The number of allylic oxidation sites excluding steroid dienone is 2. The topological polar surface area (TPSA) is 16.1 Å². The van der Waals surface area contributed by atoms with Gasteiger partial charge >= 0.3 is 0 Å². The quantitative estimate of drug-likeness (QED) is 0.176. The Kier molecular flexibility index (Phi) is 6.60. The predicted molar refractivity (Wildman–Crippen MR) is 216 cm³/mol. The molecule has 2 atom stereocenters. The number of para-hydroxylation sites is 1. The molecular formula is C49H38N2. The molecule has 2 aliphatic rings. The van der Waals surface area contributed by atoms with E-state index in [1.54, 1.807) is 0 Å². The van der Waals surface area contributed by atoms with Crippen molar-refractivity contribution in [2.24, 2.45) is 0 Å². The zero-order valence-corrected chi connectivity index (χ0v) is 29.1. The van der Waals surface area contributed by atoms with Crippen molar-refractivity contribution in [3.63, 3.8) is 0 Å². The van der Waals surface area contributed by atoms with E-state index in [1.807, 2.05) is 18.5 Å². The average molecular weight is 655 g/mol. The molecule has 8 aromatic rings. The van der Waals surface area contributed by atoms with Crippen molar-refractivity contribution >= 4 is 43.7 Å². The van der Waals surface area contributed by atoms with Gasteiger partial charge in [0.1, 0.15) is 0 Å². The largest absolute Gasteiger partial charge is 0.333 e. The molecule has 2 heterocycles. The van der Waals surface area contributed by atoms with Crippen molar-refractivity contribution in [3.8, 4) is 33.4 Å². The monoisotopic (exact) mass is 654 g/mol. The van der Waals surface area contributed by atoms with E-state index in [-0.39, 0.29) is 11.5 Å². The second-order valence-corrected chi connectivity index (χ2v) is 15.2. The summed E-state index contributed by atoms with van der Waals surface area (Å²) in [6, 6.07) is 48.1. The van der Waals surface area contributed by atoms with Gasteiger partial charge in [0.2, 0.25) is 0 Å². The molecule has 0 saturated carbocycles. The molecule has 0 amide bonds. The summed E-state index contributed by atoms with van der Waals surface area (Å²) in [6.07, 6.45) is 12.9. The summed E-state index contributed by atoms with van der Waals surface area (Å²) in [6.45, 7) is 6.91. The second-order valence-electron chi connectivity index (χ2n) is 15.2. The van der Waals surface area contributed by atoms with Gasteiger partial charge in [0.25, 0.3) is 0 Å². The molecule has 0 saturated heterocycles. The van der Waals surface area contributed by atoms with Gasteiger partial charge < -0.3 is 4.90 Å². The SMILES string of the molecule is CC(C)(C)c1cc2ccc3c(-c4ccc(-c5cccnc5)cc4)cc(-c4cccc(N5c6ccccc6C6C=CC=CC65)c4)c4ccc(c1)c2c34. The summed E-state index contributed by atoms with van der Waals surface area (Å²) >= 11 is 0. The molecule has 0 bridgehead atoms. The lowest BCUT2D eigenvalue weighted by atomic mass is 9.81. The van der Waals surface area contributed by atoms with Gasteiger partial charge in [0.15, 0.2) is 0 Å². The first-order valence-corrected chi connectivity index (χ1v) is 18.0. The van der Waals surface area contributed by atoms with Crippen molar-refractivity contribution in [2.45, 2.75) is 38.1 Å². The van der Waals surface area contributed by atoms with Crippen LogP contribution in [-0.4, -0.2) is 11.0 Å². The molecule has 0 spiro atoms. The molecule has 2 unspecified atom stereocenters. The molecule has 0 radical (unpaired) electrons. The number of hydrogen-bond donors (Lipinski definition) is 0. The van der Waals surface area contributed by atoms with Crippen molar-refractivity contribution in [3.05, 3.63) is 175 Å². The summed E-state index contributed by atoms with van der Waals surface area (Å²) in [5, 5.41) is 7.87. The zero-order chi connectivity index (χ0) is 34.3. The standard InChI is InChI=1S/C49H38N2/c1-49(2,3)37-26-34-21-23-41-43(32-19-17-31(18-20-32)36-11-9-25-50-30-36)29-44(42-24-22-35(27-37)47(34)48(41)42)33-10-8-12-38(28-33)51-45-15-6-4-13-39(45)40-14-5-7-16-46(40)51/h4-30,39,45H,1-3H3. The Hall–Kier alpha value is -5.99. The van der Waals surface area contributed by atoms with Crippen molar-refractivity contribution in [2.75, 3.05) is 4.90 Å². The van der Waals surface area contributed by atoms with Gasteiger partial charge in [-0.3, -0.25) is 4.98 Å². The lowest BCUT2D eigenvalue weighted by Gasteiger charge is -2.29. The van der Waals surface area contributed by atoms with E-state index in [1.165, 1.54) is 82.6 Å². The maximum atomic E-state index is 4.36. The average Bonchev–Trinajstić information content (AvgIpc) is 3.51. The number of benzene rings is 7. The Morgan fingerprint density at radius 3 is 2.02 bits per heavy atom. The van der Waals surface area contributed by atoms with Gasteiger partial charge in [-0.05, 0) is 113 Å². The van der Waals surface area contributed by atoms with Gasteiger partial charge in [0.05, 0.1) is 6.04 Å². The van der Waals surface area contributed by atoms with E-state index < -0.39 is 0 Å². The molecule has 2 heteroatoms. The summed E-state index contributed by atoms with van der Waals surface area (Å²) < 4.78 is 0. The molecule has 1 aromatic heterocycles. The highest BCUT2D eigenvalue weighted by atomic mass is 15.2. The number of fused-ring (bicyclic) bond motifs is 3. The van der Waals surface area contributed by atoms with Crippen LogP contribution < -0.4 is 4.90 Å². The Bertz CT molecular complexity index is 2660. The first-order valence-electron chi connectivity index (χ1n) is 18.0. The Balaban J connectivity index is 1.20. The lowest BCUT2D eigenvalue weighted by Crippen LogP contribution is -2.28. The van der Waals surface area contributed by atoms with E-state index in [2.05, 4.69) is 176 Å². The number of pyridine rings is 1. The first-order chi connectivity index (χ1) is 24.9. The number of aromatic nitrogens is 1. The Morgan fingerprint density at radius 2 is 1.27 bits per heavy atom. The summed E-state index contributed by atoms with van der Waals surface area (Å²) in [5.41, 5.74) is 12.6. The van der Waals surface area contributed by atoms with Crippen LogP contribution in [-0.2, 0) is 5.41 Å². The molecule has 0 fully saturated rings. The smallest absolute Gasteiger partial charge is 0.0629 e. The van der Waals surface area contributed by atoms with E-state index in [0.717, 1.165) is 5.56 Å². The molecule has 244 valence electrons. The maximum Gasteiger partial charge on any atom is 0.0629 e. The van der Waals surface area contributed by atoms with Crippen LogP contribution >= 0.6 is 0 Å². The van der Waals surface area contributed by atoms with Gasteiger partial charge in [-0.25, -0.2) is 0 Å². The van der Waals surface area contributed by atoms with Crippen LogP contribution in [0.15, 0.2) is 164 Å². The molecule has 51 heavy (non-hydrogen) atoms. The fourth-order valence-electron chi connectivity index (χ4n) is 8.62. The third-order valence-corrected chi connectivity index (χ3v) is 11.2. The van der Waals surface area contributed by atoms with Crippen LogP contribution in [0.1, 0.15) is 37.8 Å². The minimum atomic E-state index is 0.0632. The third kappa shape index (κ3) is 4.74. The van der Waals surface area contributed by atoms with Crippen LogP contribution in [0.2, 0.25) is 0 Å². The fraction of sp³-hybridized carbons (Fsp3) is 0.122. The molecule has 2 nitrogen and oxygen atoms in total. The molecular weight excluding hydrogens is 617 g/mol. The van der Waals surface area contributed by atoms with Crippen molar-refractivity contribution < 1.29 is 0 Å². The predicted octanol–water partition coefficient (Wildman–Crippen LogP) is 13.0. The first kappa shape index (κ1) is 29.9. The minimum Gasteiger partial charge on any atom is -0.333 e. The highest BCUT2D eigenvalue weighted by Crippen LogP contribution is 2.49. The Morgan fingerprint density at radius 1 is 0.569 bits per heavy atom. The second kappa shape index (κ2) is 11.3. The molecule has 1 aliphatic heterocycles. The van der Waals surface area contributed by atoms with Gasteiger partial charge in [-0.15, -0.1) is 0 Å². The van der Waals surface area contributed by atoms with E-state index in [0.29, 0.717) is 5.92 Å². The van der Waals surface area contributed by atoms with Crippen LogP contribution in [0.4, 0.5) is 11.4 Å². The Labute approximate surface area is 299 Å². The van der Waals surface area contributed by atoms with E-state index in [9.17, 15) is 0 Å². The third-order valence-electron chi connectivity index (χ3n) is 11.2. The van der Waals surface area contributed by atoms with E-state index in [4.69, 9.17) is 0 Å². The fourth-order valence-corrected chi connectivity index (χ4v) is 8.62. The molecule has 7 aromatic carbocycles. The summed E-state index contributed by atoms with van der Waals surface area (Å²) in [7, 11) is 0. The zero-order valence-electron chi connectivity index (χ0n) is 29.1. The highest BCUT2D eigenvalue weighted by Gasteiger charge is 2.37. The van der Waals surface area contributed by atoms with Gasteiger partial charge in [-0.1, -0.05) is 142 Å². The van der Waals surface area contributed by atoms with Crippen LogP contribution in [0.5, 0.6) is 0 Å².